The van der Waals surface area contributed by atoms with E-state index in [1.807, 2.05) is 30.3 Å². The first kappa shape index (κ1) is 18.7. The van der Waals surface area contributed by atoms with Gasteiger partial charge in [0.1, 0.15) is 6.04 Å². The van der Waals surface area contributed by atoms with Gasteiger partial charge in [-0.05, 0) is 25.3 Å². The zero-order chi connectivity index (χ0) is 17.2. The molecular formula is C17H23NO5. The molecule has 0 heterocycles. The van der Waals surface area contributed by atoms with Crippen LogP contribution in [-0.4, -0.2) is 35.6 Å². The van der Waals surface area contributed by atoms with Crippen LogP contribution in [0.25, 0.3) is 0 Å². The molecule has 126 valence electrons. The molecule has 1 aromatic carbocycles. The summed E-state index contributed by atoms with van der Waals surface area (Å²) in [6, 6.07) is 8.37. The van der Waals surface area contributed by atoms with E-state index in [0.717, 1.165) is 5.56 Å². The number of amides is 1. The van der Waals surface area contributed by atoms with Crippen LogP contribution in [0.15, 0.2) is 30.3 Å². The molecule has 1 amide bonds. The zero-order valence-corrected chi connectivity index (χ0v) is 13.5. The SMILES string of the molecule is CCOC(=O)[C@H](C)C[C@@H](NC(=O)CCc1ccccc1)C(=O)O. The van der Waals surface area contributed by atoms with E-state index in [-0.39, 0.29) is 25.4 Å². The number of aliphatic carboxylic acids is 1. The molecule has 1 aromatic rings. The number of hydrogen-bond donors (Lipinski definition) is 2. The highest BCUT2D eigenvalue weighted by Crippen LogP contribution is 2.10. The lowest BCUT2D eigenvalue weighted by molar-refractivity contribution is -0.149. The number of esters is 1. The minimum Gasteiger partial charge on any atom is -0.480 e. The third-order valence-electron chi connectivity index (χ3n) is 3.40. The fourth-order valence-corrected chi connectivity index (χ4v) is 2.12. The van der Waals surface area contributed by atoms with Crippen molar-refractivity contribution in [2.45, 2.75) is 39.2 Å². The molecule has 6 heteroatoms. The molecule has 0 saturated heterocycles. The van der Waals surface area contributed by atoms with Crippen molar-refractivity contribution < 1.29 is 24.2 Å². The zero-order valence-electron chi connectivity index (χ0n) is 13.5. The molecule has 0 unspecified atom stereocenters. The normalized spacial score (nSPS) is 13.0. The molecule has 0 radical (unpaired) electrons. The number of carboxylic acid groups (broad SMARTS) is 1. The van der Waals surface area contributed by atoms with E-state index in [1.54, 1.807) is 13.8 Å². The third-order valence-corrected chi connectivity index (χ3v) is 3.40. The number of rotatable bonds is 9. The van der Waals surface area contributed by atoms with Gasteiger partial charge >= 0.3 is 11.9 Å². The summed E-state index contributed by atoms with van der Waals surface area (Å²) >= 11 is 0. The Morgan fingerprint density at radius 2 is 1.87 bits per heavy atom. The van der Waals surface area contributed by atoms with E-state index in [9.17, 15) is 19.5 Å². The number of aryl methyl sites for hydroxylation is 1. The minimum absolute atomic E-state index is 0.00520. The highest BCUT2D eigenvalue weighted by molar-refractivity contribution is 5.84. The summed E-state index contributed by atoms with van der Waals surface area (Å²) in [7, 11) is 0. The van der Waals surface area contributed by atoms with E-state index in [2.05, 4.69) is 5.32 Å². The Labute approximate surface area is 135 Å². The molecule has 0 fully saturated rings. The maximum atomic E-state index is 11.9. The summed E-state index contributed by atoms with van der Waals surface area (Å²) in [5.74, 6) is -2.56. The highest BCUT2D eigenvalue weighted by atomic mass is 16.5. The Morgan fingerprint density at radius 1 is 1.22 bits per heavy atom. The van der Waals surface area contributed by atoms with Gasteiger partial charge in [-0.15, -0.1) is 0 Å². The number of hydrogen-bond acceptors (Lipinski definition) is 4. The largest absolute Gasteiger partial charge is 0.480 e. The van der Waals surface area contributed by atoms with Gasteiger partial charge in [0.15, 0.2) is 0 Å². The predicted molar refractivity (Wildman–Crippen MR) is 84.7 cm³/mol. The van der Waals surface area contributed by atoms with E-state index in [1.165, 1.54) is 0 Å². The average molecular weight is 321 g/mol. The average Bonchev–Trinajstić information content (AvgIpc) is 2.53. The standard InChI is InChI=1S/C17H23NO5/c1-3-23-17(22)12(2)11-14(16(20)21)18-15(19)10-9-13-7-5-4-6-8-13/h4-8,12,14H,3,9-11H2,1-2H3,(H,18,19)(H,20,21)/t12-,14-/m1/s1. The summed E-state index contributed by atoms with van der Waals surface area (Å²) in [6.07, 6.45) is 0.735. The lowest BCUT2D eigenvalue weighted by Crippen LogP contribution is -2.42. The Balaban J connectivity index is 2.50. The monoisotopic (exact) mass is 321 g/mol. The topological polar surface area (TPSA) is 92.7 Å². The van der Waals surface area contributed by atoms with Crippen LogP contribution in [0, 0.1) is 5.92 Å². The van der Waals surface area contributed by atoms with Crippen LogP contribution in [0.3, 0.4) is 0 Å². The van der Waals surface area contributed by atoms with Crippen molar-refractivity contribution in [3.8, 4) is 0 Å². The Bertz CT molecular complexity index is 529. The van der Waals surface area contributed by atoms with Crippen molar-refractivity contribution in [1.82, 2.24) is 5.32 Å². The van der Waals surface area contributed by atoms with Crippen LogP contribution in [0.4, 0.5) is 0 Å². The molecule has 0 aliphatic rings. The van der Waals surface area contributed by atoms with Crippen molar-refractivity contribution >= 4 is 17.8 Å². The summed E-state index contributed by atoms with van der Waals surface area (Å²) in [6.45, 7) is 3.51. The Kier molecular flexibility index (Phi) is 7.80. The molecule has 0 saturated carbocycles. The van der Waals surface area contributed by atoms with E-state index in [0.29, 0.717) is 6.42 Å². The van der Waals surface area contributed by atoms with Crippen LogP contribution in [0.2, 0.25) is 0 Å². The van der Waals surface area contributed by atoms with Gasteiger partial charge in [-0.3, -0.25) is 9.59 Å². The lowest BCUT2D eigenvalue weighted by Gasteiger charge is -2.18. The van der Waals surface area contributed by atoms with Crippen molar-refractivity contribution in [3.05, 3.63) is 35.9 Å². The fourth-order valence-electron chi connectivity index (χ4n) is 2.12. The molecule has 0 aliphatic heterocycles. The summed E-state index contributed by atoms with van der Waals surface area (Å²) in [4.78, 5) is 34.7. The van der Waals surface area contributed by atoms with Gasteiger partial charge < -0.3 is 15.2 Å². The molecule has 0 aromatic heterocycles. The van der Waals surface area contributed by atoms with Crippen LogP contribution in [0.1, 0.15) is 32.3 Å². The molecular weight excluding hydrogens is 298 g/mol. The molecule has 6 nitrogen and oxygen atoms in total. The van der Waals surface area contributed by atoms with Gasteiger partial charge in [0, 0.05) is 6.42 Å². The van der Waals surface area contributed by atoms with E-state index in [4.69, 9.17) is 4.74 Å². The van der Waals surface area contributed by atoms with Crippen LogP contribution in [0.5, 0.6) is 0 Å². The number of ether oxygens (including phenoxy) is 1. The van der Waals surface area contributed by atoms with E-state index < -0.39 is 23.9 Å². The van der Waals surface area contributed by atoms with Crippen LogP contribution in [-0.2, 0) is 25.5 Å². The second kappa shape index (κ2) is 9.61. The molecule has 2 N–H and O–H groups in total. The Hall–Kier alpha value is -2.37. The van der Waals surface area contributed by atoms with Crippen molar-refractivity contribution in [2.75, 3.05) is 6.61 Å². The van der Waals surface area contributed by atoms with Gasteiger partial charge in [-0.1, -0.05) is 37.3 Å². The first-order chi connectivity index (χ1) is 10.9. The van der Waals surface area contributed by atoms with Crippen molar-refractivity contribution in [2.24, 2.45) is 5.92 Å². The Morgan fingerprint density at radius 3 is 2.43 bits per heavy atom. The summed E-state index contributed by atoms with van der Waals surface area (Å²) in [5.41, 5.74) is 1.01. The third kappa shape index (κ3) is 6.95. The fraction of sp³-hybridized carbons (Fsp3) is 0.471. The molecule has 0 aliphatic carbocycles. The molecule has 1 rings (SSSR count). The van der Waals surface area contributed by atoms with E-state index >= 15 is 0 Å². The lowest BCUT2D eigenvalue weighted by atomic mass is 10.0. The van der Waals surface area contributed by atoms with Crippen LogP contribution >= 0.6 is 0 Å². The van der Waals surface area contributed by atoms with Crippen LogP contribution < -0.4 is 5.32 Å². The van der Waals surface area contributed by atoms with Crippen molar-refractivity contribution in [3.63, 3.8) is 0 Å². The first-order valence-corrected chi connectivity index (χ1v) is 7.66. The van der Waals surface area contributed by atoms with Gasteiger partial charge in [-0.25, -0.2) is 4.79 Å². The second-order valence-electron chi connectivity index (χ2n) is 5.33. The first-order valence-electron chi connectivity index (χ1n) is 7.66. The summed E-state index contributed by atoms with van der Waals surface area (Å²) in [5, 5.41) is 11.7. The van der Waals surface area contributed by atoms with Gasteiger partial charge in [0.2, 0.25) is 5.91 Å². The second-order valence-corrected chi connectivity index (χ2v) is 5.33. The molecule has 2 atom stereocenters. The molecule has 0 bridgehead atoms. The number of nitrogens with one attached hydrogen (secondary N) is 1. The number of carbonyl (C=O) groups is 3. The van der Waals surface area contributed by atoms with Crippen molar-refractivity contribution in [1.29, 1.82) is 0 Å². The van der Waals surface area contributed by atoms with Gasteiger partial charge in [0.05, 0.1) is 12.5 Å². The number of carboxylic acids is 1. The molecule has 0 spiro atoms. The summed E-state index contributed by atoms with van der Waals surface area (Å²) < 4.78 is 4.85. The molecule has 23 heavy (non-hydrogen) atoms. The number of benzene rings is 1. The minimum atomic E-state index is -1.16. The highest BCUT2D eigenvalue weighted by Gasteiger charge is 2.26. The van der Waals surface area contributed by atoms with Gasteiger partial charge in [-0.2, -0.15) is 0 Å². The predicted octanol–water partition coefficient (Wildman–Crippen LogP) is 1.78. The quantitative estimate of drug-likeness (QED) is 0.676. The maximum Gasteiger partial charge on any atom is 0.326 e. The number of carbonyl (C=O) groups excluding carboxylic acids is 2. The smallest absolute Gasteiger partial charge is 0.326 e. The van der Waals surface area contributed by atoms with Gasteiger partial charge in [0.25, 0.3) is 0 Å². The maximum absolute atomic E-state index is 11.9.